The van der Waals surface area contributed by atoms with E-state index in [9.17, 15) is 9.90 Å². The molecule has 0 fully saturated rings. The molecule has 0 spiro atoms. The van der Waals surface area contributed by atoms with Crippen molar-refractivity contribution in [1.82, 2.24) is 5.32 Å². The first-order chi connectivity index (χ1) is 9.52. The van der Waals surface area contributed by atoms with Crippen LogP contribution in [0.25, 0.3) is 0 Å². The largest absolute Gasteiger partial charge is 0.493 e. The zero-order chi connectivity index (χ0) is 14.7. The molecule has 2 unspecified atom stereocenters. The van der Waals surface area contributed by atoms with E-state index in [1.807, 2.05) is 19.1 Å². The molecule has 1 amide bonds. The molecule has 0 aliphatic carbocycles. The second-order valence-corrected chi connectivity index (χ2v) is 5.14. The highest BCUT2D eigenvalue weighted by atomic mass is 16.5. The summed E-state index contributed by atoms with van der Waals surface area (Å²) in [5.74, 6) is 0.546. The predicted octanol–water partition coefficient (Wildman–Crippen LogP) is 1.63. The van der Waals surface area contributed by atoms with E-state index < -0.39 is 6.10 Å². The highest BCUT2D eigenvalue weighted by molar-refractivity contribution is 5.78. The van der Waals surface area contributed by atoms with Gasteiger partial charge in [0.2, 0.25) is 5.91 Å². The van der Waals surface area contributed by atoms with Crippen molar-refractivity contribution in [3.05, 3.63) is 28.8 Å². The summed E-state index contributed by atoms with van der Waals surface area (Å²) >= 11 is 0. The molecule has 1 aliphatic rings. The number of ether oxygens (including phenoxy) is 2. The van der Waals surface area contributed by atoms with Crippen molar-refractivity contribution in [2.45, 2.75) is 32.4 Å². The Hall–Kier alpha value is -1.59. The van der Waals surface area contributed by atoms with Crippen LogP contribution in [0.4, 0.5) is 0 Å². The fourth-order valence-corrected chi connectivity index (χ4v) is 2.52. The molecule has 20 heavy (non-hydrogen) atoms. The molecule has 0 aromatic heterocycles. The van der Waals surface area contributed by atoms with E-state index in [1.165, 1.54) is 7.11 Å². The van der Waals surface area contributed by atoms with Crippen LogP contribution in [-0.4, -0.2) is 31.3 Å². The van der Waals surface area contributed by atoms with Gasteiger partial charge in [0.15, 0.2) is 0 Å². The molecule has 2 N–H and O–H groups in total. The van der Waals surface area contributed by atoms with Gasteiger partial charge in [0.25, 0.3) is 0 Å². The third kappa shape index (κ3) is 3.11. The van der Waals surface area contributed by atoms with E-state index in [0.29, 0.717) is 18.8 Å². The van der Waals surface area contributed by atoms with E-state index in [2.05, 4.69) is 5.32 Å². The summed E-state index contributed by atoms with van der Waals surface area (Å²) in [5.41, 5.74) is 2.73. The lowest BCUT2D eigenvalue weighted by atomic mass is 9.93. The summed E-state index contributed by atoms with van der Waals surface area (Å²) in [6.45, 7) is 4.25. The van der Waals surface area contributed by atoms with Crippen LogP contribution in [0.5, 0.6) is 5.75 Å². The fraction of sp³-hybridized carbons (Fsp3) is 0.533. The van der Waals surface area contributed by atoms with Crippen LogP contribution < -0.4 is 10.1 Å². The van der Waals surface area contributed by atoms with Gasteiger partial charge in [-0.15, -0.1) is 0 Å². The number of hydrogen-bond donors (Lipinski definition) is 2. The number of hydrogen-bond acceptors (Lipinski definition) is 4. The van der Waals surface area contributed by atoms with Crippen LogP contribution in [0.15, 0.2) is 12.1 Å². The Morgan fingerprint density at radius 1 is 1.60 bits per heavy atom. The Kier molecular flexibility index (Phi) is 4.62. The van der Waals surface area contributed by atoms with Gasteiger partial charge in [-0.2, -0.15) is 0 Å². The summed E-state index contributed by atoms with van der Waals surface area (Å²) in [7, 11) is 1.49. The van der Waals surface area contributed by atoms with E-state index >= 15 is 0 Å². The van der Waals surface area contributed by atoms with Crippen LogP contribution in [0.3, 0.4) is 0 Å². The molecule has 0 bridgehead atoms. The molecule has 2 atom stereocenters. The third-order valence-electron chi connectivity index (χ3n) is 3.38. The lowest BCUT2D eigenvalue weighted by Gasteiger charge is -2.29. The highest BCUT2D eigenvalue weighted by Gasteiger charge is 2.26. The van der Waals surface area contributed by atoms with Crippen molar-refractivity contribution in [3.63, 3.8) is 0 Å². The van der Waals surface area contributed by atoms with Crippen LogP contribution >= 0.6 is 0 Å². The van der Waals surface area contributed by atoms with E-state index in [0.717, 1.165) is 16.7 Å². The Morgan fingerprint density at radius 3 is 3.00 bits per heavy atom. The Bertz CT molecular complexity index is 499. The minimum absolute atomic E-state index is 0.0434. The minimum atomic E-state index is -0.600. The SMILES string of the molecule is COCC(=O)NC1CCOc2c(C(C)O)cc(C)cc21. The van der Waals surface area contributed by atoms with Crippen LogP contribution in [0.2, 0.25) is 0 Å². The second kappa shape index (κ2) is 6.24. The summed E-state index contributed by atoms with van der Waals surface area (Å²) in [6, 6.07) is 3.82. The zero-order valence-corrected chi connectivity index (χ0v) is 12.1. The second-order valence-electron chi connectivity index (χ2n) is 5.14. The molecule has 1 aromatic rings. The van der Waals surface area contributed by atoms with Crippen LogP contribution in [-0.2, 0) is 9.53 Å². The molecular weight excluding hydrogens is 258 g/mol. The maximum absolute atomic E-state index is 11.7. The fourth-order valence-electron chi connectivity index (χ4n) is 2.52. The molecule has 0 saturated carbocycles. The Morgan fingerprint density at radius 2 is 2.35 bits per heavy atom. The topological polar surface area (TPSA) is 67.8 Å². The zero-order valence-electron chi connectivity index (χ0n) is 12.1. The lowest BCUT2D eigenvalue weighted by molar-refractivity contribution is -0.125. The number of amides is 1. The molecule has 1 aromatic carbocycles. The van der Waals surface area contributed by atoms with Gasteiger partial charge < -0.3 is 19.9 Å². The summed E-state index contributed by atoms with van der Waals surface area (Å²) in [6.07, 6.45) is 0.114. The monoisotopic (exact) mass is 279 g/mol. The number of carbonyl (C=O) groups is 1. The third-order valence-corrected chi connectivity index (χ3v) is 3.38. The van der Waals surface area contributed by atoms with Crippen molar-refractivity contribution in [1.29, 1.82) is 0 Å². The quantitative estimate of drug-likeness (QED) is 0.879. The minimum Gasteiger partial charge on any atom is -0.493 e. The van der Waals surface area contributed by atoms with Crippen molar-refractivity contribution >= 4 is 5.91 Å². The molecular formula is C15H21NO4. The number of aliphatic hydroxyl groups is 1. The number of carbonyl (C=O) groups excluding carboxylic acids is 1. The van der Waals surface area contributed by atoms with Gasteiger partial charge >= 0.3 is 0 Å². The maximum Gasteiger partial charge on any atom is 0.246 e. The molecule has 1 aliphatic heterocycles. The van der Waals surface area contributed by atoms with Gasteiger partial charge in [-0.1, -0.05) is 11.6 Å². The summed E-state index contributed by atoms with van der Waals surface area (Å²) in [4.78, 5) is 11.7. The van der Waals surface area contributed by atoms with Crippen molar-refractivity contribution in [2.75, 3.05) is 20.3 Å². The van der Waals surface area contributed by atoms with E-state index in [4.69, 9.17) is 9.47 Å². The van der Waals surface area contributed by atoms with Gasteiger partial charge in [-0.05, 0) is 19.9 Å². The van der Waals surface area contributed by atoms with Crippen molar-refractivity contribution in [3.8, 4) is 5.75 Å². The predicted molar refractivity (Wildman–Crippen MR) is 74.7 cm³/mol. The smallest absolute Gasteiger partial charge is 0.246 e. The first kappa shape index (κ1) is 14.8. The molecule has 2 rings (SSSR count). The number of methoxy groups -OCH3 is 1. The van der Waals surface area contributed by atoms with Crippen molar-refractivity contribution < 1.29 is 19.4 Å². The first-order valence-electron chi connectivity index (χ1n) is 6.76. The van der Waals surface area contributed by atoms with Gasteiger partial charge in [0.05, 0.1) is 18.8 Å². The van der Waals surface area contributed by atoms with Gasteiger partial charge in [0.1, 0.15) is 12.4 Å². The standard InChI is InChI=1S/C15H21NO4/c1-9-6-11(10(2)17)15-12(7-9)13(4-5-20-15)16-14(18)8-19-3/h6-7,10,13,17H,4-5,8H2,1-3H3,(H,16,18). The number of benzene rings is 1. The van der Waals surface area contributed by atoms with Crippen molar-refractivity contribution in [2.24, 2.45) is 0 Å². The first-order valence-corrected chi connectivity index (χ1v) is 6.76. The number of fused-ring (bicyclic) bond motifs is 1. The molecule has 0 radical (unpaired) electrons. The van der Waals surface area contributed by atoms with Crippen LogP contribution in [0, 0.1) is 6.92 Å². The molecule has 110 valence electrons. The van der Waals surface area contributed by atoms with E-state index in [-0.39, 0.29) is 18.6 Å². The normalized spacial score (nSPS) is 18.9. The average molecular weight is 279 g/mol. The lowest BCUT2D eigenvalue weighted by Crippen LogP contribution is -2.34. The summed E-state index contributed by atoms with van der Waals surface area (Å²) < 4.78 is 10.5. The van der Waals surface area contributed by atoms with Gasteiger partial charge in [-0.3, -0.25) is 4.79 Å². The Labute approximate surface area is 118 Å². The molecule has 1 heterocycles. The van der Waals surface area contributed by atoms with E-state index in [1.54, 1.807) is 6.92 Å². The van der Waals surface area contributed by atoms with Crippen LogP contribution in [0.1, 0.15) is 42.2 Å². The summed E-state index contributed by atoms with van der Waals surface area (Å²) in [5, 5.41) is 12.8. The number of rotatable bonds is 4. The highest BCUT2D eigenvalue weighted by Crippen LogP contribution is 2.38. The van der Waals surface area contributed by atoms with Gasteiger partial charge in [0, 0.05) is 24.7 Å². The number of nitrogens with one attached hydrogen (secondary N) is 1. The number of aliphatic hydroxyl groups excluding tert-OH is 1. The number of aryl methyl sites for hydroxylation is 1. The molecule has 0 saturated heterocycles. The molecule has 5 heteroatoms. The Balaban J connectivity index is 2.32. The molecule has 5 nitrogen and oxygen atoms in total. The maximum atomic E-state index is 11.7. The van der Waals surface area contributed by atoms with Gasteiger partial charge in [-0.25, -0.2) is 0 Å². The average Bonchev–Trinajstić information content (AvgIpc) is 2.38.